The molecule has 0 aliphatic rings. The molecule has 8 nitrogen and oxygen atoms in total. The molecule has 0 aliphatic heterocycles. The summed E-state index contributed by atoms with van der Waals surface area (Å²) in [5, 5.41) is 0. The predicted octanol–water partition coefficient (Wildman–Crippen LogP) is 5.62. The minimum Gasteiger partial charge on any atom is -0.493 e. The van der Waals surface area contributed by atoms with Gasteiger partial charge in [0.2, 0.25) is 6.79 Å². The molecule has 1 heterocycles. The van der Waals surface area contributed by atoms with Crippen LogP contribution in [-0.4, -0.2) is 42.7 Å². The van der Waals surface area contributed by atoms with Gasteiger partial charge in [-0.15, -0.1) is 0 Å². The van der Waals surface area contributed by atoms with Crippen LogP contribution in [0.15, 0.2) is 72.9 Å². The minimum absolute atomic E-state index is 0.00293. The van der Waals surface area contributed by atoms with Crippen molar-refractivity contribution in [3.63, 3.8) is 0 Å². The highest BCUT2D eigenvalue weighted by Gasteiger charge is 2.29. The first-order chi connectivity index (χ1) is 19.3. The molecule has 0 saturated heterocycles. The molecule has 0 fully saturated rings. The molecule has 0 aliphatic carbocycles. The quantitative estimate of drug-likeness (QED) is 0.137. The van der Waals surface area contributed by atoms with E-state index in [0.717, 1.165) is 12.8 Å². The van der Waals surface area contributed by atoms with Gasteiger partial charge in [-0.05, 0) is 37.3 Å². The second-order valence-electron chi connectivity index (χ2n) is 9.60. The number of ether oxygens (including phenoxy) is 4. The molecule has 2 aromatic carbocycles. The molecule has 0 radical (unpaired) electrons. The highest BCUT2D eigenvalue weighted by atomic mass is 16.7. The standard InChI is InChI=1S/C32H37NO7/c1-5-26(20-28(35)30-31(39-21-38-23(3)34)29(37-4)16-17-33-30)32(36)40-22(2)27(18-24-12-8-6-9-13-24)19-25-14-10-7-11-15-25/h6-17,22,26-27H,5,18-21H2,1-4H3/t22?,26-/m1/s1. The topological polar surface area (TPSA) is 101 Å². The molecule has 0 N–H and O–H groups in total. The number of carbonyl (C=O) groups excluding carboxylic acids is 3. The fourth-order valence-corrected chi connectivity index (χ4v) is 4.43. The van der Waals surface area contributed by atoms with Crippen molar-refractivity contribution in [2.45, 2.75) is 52.6 Å². The highest BCUT2D eigenvalue weighted by molar-refractivity contribution is 5.99. The fourth-order valence-electron chi connectivity index (χ4n) is 4.43. The van der Waals surface area contributed by atoms with Gasteiger partial charge in [-0.25, -0.2) is 4.98 Å². The van der Waals surface area contributed by atoms with Gasteiger partial charge in [0.1, 0.15) is 6.10 Å². The van der Waals surface area contributed by atoms with E-state index in [9.17, 15) is 14.4 Å². The third-order valence-electron chi connectivity index (χ3n) is 6.72. The molecule has 0 spiro atoms. The maximum Gasteiger partial charge on any atom is 0.309 e. The number of carbonyl (C=O) groups is 3. The molecule has 1 aromatic heterocycles. The maximum atomic E-state index is 13.3. The zero-order chi connectivity index (χ0) is 28.9. The van der Waals surface area contributed by atoms with Crippen LogP contribution in [0.4, 0.5) is 0 Å². The van der Waals surface area contributed by atoms with E-state index >= 15 is 0 Å². The Balaban J connectivity index is 1.72. The van der Waals surface area contributed by atoms with Crippen LogP contribution in [-0.2, 0) is 31.9 Å². The summed E-state index contributed by atoms with van der Waals surface area (Å²) >= 11 is 0. The van der Waals surface area contributed by atoms with Crippen molar-refractivity contribution in [2.75, 3.05) is 13.9 Å². The van der Waals surface area contributed by atoms with Crippen molar-refractivity contribution in [3.8, 4) is 11.5 Å². The molecule has 0 saturated carbocycles. The number of hydrogen-bond donors (Lipinski definition) is 0. The smallest absolute Gasteiger partial charge is 0.309 e. The summed E-state index contributed by atoms with van der Waals surface area (Å²) < 4.78 is 21.6. The summed E-state index contributed by atoms with van der Waals surface area (Å²) in [4.78, 5) is 41.9. The second kappa shape index (κ2) is 15.4. The first kappa shape index (κ1) is 30.3. The first-order valence-electron chi connectivity index (χ1n) is 13.4. The molecule has 212 valence electrons. The number of rotatable bonds is 15. The van der Waals surface area contributed by atoms with Crippen LogP contribution in [0.3, 0.4) is 0 Å². The fraction of sp³-hybridized carbons (Fsp3) is 0.375. The Labute approximate surface area is 235 Å². The monoisotopic (exact) mass is 547 g/mol. The number of ketones is 1. The normalized spacial score (nSPS) is 12.3. The van der Waals surface area contributed by atoms with Gasteiger partial charge in [-0.1, -0.05) is 67.6 Å². The third-order valence-corrected chi connectivity index (χ3v) is 6.72. The molecular formula is C32H37NO7. The second-order valence-corrected chi connectivity index (χ2v) is 9.60. The highest BCUT2D eigenvalue weighted by Crippen LogP contribution is 2.31. The van der Waals surface area contributed by atoms with E-state index in [1.165, 1.54) is 37.4 Å². The number of aromatic nitrogens is 1. The summed E-state index contributed by atoms with van der Waals surface area (Å²) in [6, 6.07) is 21.8. The number of Topliss-reactive ketones (excluding diaryl/α,β-unsaturated/α-hetero) is 1. The first-order valence-corrected chi connectivity index (χ1v) is 13.4. The summed E-state index contributed by atoms with van der Waals surface area (Å²) in [6.07, 6.45) is 2.83. The number of pyridine rings is 1. The molecule has 3 rings (SSSR count). The van der Waals surface area contributed by atoms with E-state index in [1.807, 2.05) is 50.2 Å². The van der Waals surface area contributed by atoms with Crippen molar-refractivity contribution >= 4 is 17.7 Å². The van der Waals surface area contributed by atoms with Crippen molar-refractivity contribution in [2.24, 2.45) is 11.8 Å². The molecule has 0 bridgehead atoms. The number of esters is 2. The maximum absolute atomic E-state index is 13.3. The molecule has 40 heavy (non-hydrogen) atoms. The van der Waals surface area contributed by atoms with Gasteiger partial charge in [0, 0.05) is 31.5 Å². The largest absolute Gasteiger partial charge is 0.493 e. The number of hydrogen-bond acceptors (Lipinski definition) is 8. The van der Waals surface area contributed by atoms with Crippen LogP contribution in [0.5, 0.6) is 11.5 Å². The van der Waals surface area contributed by atoms with Gasteiger partial charge >= 0.3 is 11.9 Å². The molecule has 8 heteroatoms. The van der Waals surface area contributed by atoms with Crippen LogP contribution in [0.25, 0.3) is 0 Å². The zero-order valence-electron chi connectivity index (χ0n) is 23.5. The molecular weight excluding hydrogens is 510 g/mol. The SMILES string of the molecule is CC[C@H](CC(=O)c1nccc(OC)c1OCOC(C)=O)C(=O)OC(C)C(Cc1ccccc1)Cc1ccccc1. The van der Waals surface area contributed by atoms with E-state index in [2.05, 4.69) is 29.2 Å². The minimum atomic E-state index is -0.668. The van der Waals surface area contributed by atoms with Crippen molar-refractivity contribution in [1.82, 2.24) is 4.98 Å². The van der Waals surface area contributed by atoms with Crippen molar-refractivity contribution in [1.29, 1.82) is 0 Å². The lowest BCUT2D eigenvalue weighted by molar-refractivity contribution is -0.156. The average Bonchev–Trinajstić information content (AvgIpc) is 2.96. The third kappa shape index (κ3) is 8.93. The van der Waals surface area contributed by atoms with Crippen LogP contribution in [0.1, 0.15) is 55.2 Å². The van der Waals surface area contributed by atoms with Crippen LogP contribution < -0.4 is 9.47 Å². The zero-order valence-corrected chi connectivity index (χ0v) is 23.5. The van der Waals surface area contributed by atoms with E-state index < -0.39 is 30.4 Å². The lowest BCUT2D eigenvalue weighted by atomic mass is 9.88. The molecule has 3 aromatic rings. The average molecular weight is 548 g/mol. The van der Waals surface area contributed by atoms with Gasteiger partial charge in [0.05, 0.1) is 13.0 Å². The Kier molecular flexibility index (Phi) is 11.7. The number of benzene rings is 2. The van der Waals surface area contributed by atoms with E-state index in [0.29, 0.717) is 6.42 Å². The number of nitrogens with zero attached hydrogens (tertiary/aromatic N) is 1. The summed E-state index contributed by atoms with van der Waals surface area (Å²) in [5.41, 5.74) is 2.33. The summed E-state index contributed by atoms with van der Waals surface area (Å²) in [7, 11) is 1.43. The van der Waals surface area contributed by atoms with E-state index in [-0.39, 0.29) is 35.6 Å². The van der Waals surface area contributed by atoms with Crippen molar-refractivity contribution < 1.29 is 33.3 Å². The Morgan fingerprint density at radius 3 is 2.02 bits per heavy atom. The van der Waals surface area contributed by atoms with Gasteiger partial charge in [0.25, 0.3) is 0 Å². The lowest BCUT2D eigenvalue weighted by Gasteiger charge is -2.26. The van der Waals surface area contributed by atoms with Gasteiger partial charge in [0.15, 0.2) is 23.0 Å². The van der Waals surface area contributed by atoms with Crippen molar-refractivity contribution in [3.05, 3.63) is 89.7 Å². The summed E-state index contributed by atoms with van der Waals surface area (Å²) in [5.74, 6) is -1.67. The Morgan fingerprint density at radius 2 is 1.50 bits per heavy atom. The van der Waals surface area contributed by atoms with Crippen LogP contribution in [0.2, 0.25) is 0 Å². The van der Waals surface area contributed by atoms with E-state index in [1.54, 1.807) is 0 Å². The molecule has 1 unspecified atom stereocenters. The molecule has 0 amide bonds. The van der Waals surface area contributed by atoms with Crippen LogP contribution >= 0.6 is 0 Å². The Hall–Kier alpha value is -4.20. The van der Waals surface area contributed by atoms with Gasteiger partial charge in [-0.3, -0.25) is 14.4 Å². The predicted molar refractivity (Wildman–Crippen MR) is 150 cm³/mol. The molecule has 2 atom stereocenters. The van der Waals surface area contributed by atoms with Crippen LogP contribution in [0, 0.1) is 11.8 Å². The number of methoxy groups -OCH3 is 1. The lowest BCUT2D eigenvalue weighted by Crippen LogP contribution is -2.31. The van der Waals surface area contributed by atoms with Gasteiger partial charge < -0.3 is 18.9 Å². The summed E-state index contributed by atoms with van der Waals surface area (Å²) in [6.45, 7) is 4.59. The van der Waals surface area contributed by atoms with E-state index in [4.69, 9.17) is 18.9 Å². The van der Waals surface area contributed by atoms with Gasteiger partial charge in [-0.2, -0.15) is 0 Å². The Bertz CT molecular complexity index is 1210. The Morgan fingerprint density at radius 1 is 0.900 bits per heavy atom.